The largest absolute Gasteiger partial charge is 0.352 e. The highest BCUT2D eigenvalue weighted by Gasteiger charge is 2.42. The molecule has 0 atom stereocenters. The molecule has 1 N–H and O–H groups in total. The van der Waals surface area contributed by atoms with Crippen LogP contribution < -0.4 is 5.32 Å². The molecule has 1 amide bonds. The maximum absolute atomic E-state index is 12.4. The summed E-state index contributed by atoms with van der Waals surface area (Å²) >= 11 is 0. The summed E-state index contributed by atoms with van der Waals surface area (Å²) in [6.07, 6.45) is 14.7. The average Bonchev–Trinajstić information content (AvgIpc) is 3.27. The Morgan fingerprint density at radius 3 is 2.00 bits per heavy atom. The third kappa shape index (κ3) is 4.70. The summed E-state index contributed by atoms with van der Waals surface area (Å²) in [4.78, 5) is 14.7. The van der Waals surface area contributed by atoms with Crippen LogP contribution in [-0.4, -0.2) is 36.5 Å². The second-order valence-corrected chi connectivity index (χ2v) is 7.68. The van der Waals surface area contributed by atoms with Crippen LogP contribution in [0.15, 0.2) is 0 Å². The van der Waals surface area contributed by atoms with Gasteiger partial charge in [-0.15, -0.1) is 0 Å². The molecule has 120 valence electrons. The Hall–Kier alpha value is -0.570. The highest BCUT2D eigenvalue weighted by atomic mass is 16.2. The summed E-state index contributed by atoms with van der Waals surface area (Å²) in [6.45, 7) is 0.598. The van der Waals surface area contributed by atoms with Gasteiger partial charge in [0.15, 0.2) is 0 Å². The van der Waals surface area contributed by atoms with Crippen LogP contribution in [0.25, 0.3) is 0 Å². The molecule has 3 saturated carbocycles. The van der Waals surface area contributed by atoms with Gasteiger partial charge in [0.1, 0.15) is 0 Å². The third-order valence-electron chi connectivity index (χ3n) is 5.68. The zero-order chi connectivity index (χ0) is 14.7. The molecule has 0 aliphatic heterocycles. The summed E-state index contributed by atoms with van der Waals surface area (Å²) in [5, 5.41) is 3.36. The average molecular weight is 292 g/mol. The van der Waals surface area contributed by atoms with Crippen LogP contribution in [0.3, 0.4) is 0 Å². The molecule has 0 spiro atoms. The first kappa shape index (κ1) is 15.3. The van der Waals surface area contributed by atoms with Gasteiger partial charge in [-0.05, 0) is 57.4 Å². The number of hydrogen-bond donors (Lipinski definition) is 1. The van der Waals surface area contributed by atoms with E-state index in [1.807, 2.05) is 0 Å². The van der Waals surface area contributed by atoms with E-state index in [0.717, 1.165) is 11.8 Å². The van der Waals surface area contributed by atoms with Gasteiger partial charge in [-0.25, -0.2) is 0 Å². The predicted octanol–water partition coefficient (Wildman–Crippen LogP) is 3.34. The minimum absolute atomic E-state index is 0.267. The van der Waals surface area contributed by atoms with Crippen LogP contribution in [0.1, 0.15) is 70.6 Å². The summed E-state index contributed by atoms with van der Waals surface area (Å²) in [6, 6.07) is 1.12. The summed E-state index contributed by atoms with van der Waals surface area (Å²) in [5.41, 5.74) is 0. The van der Waals surface area contributed by atoms with Crippen molar-refractivity contribution in [2.75, 3.05) is 13.6 Å². The van der Waals surface area contributed by atoms with Crippen molar-refractivity contribution in [2.45, 2.75) is 82.7 Å². The molecular weight excluding hydrogens is 260 g/mol. The van der Waals surface area contributed by atoms with Crippen molar-refractivity contribution in [3.05, 3.63) is 0 Å². The molecule has 21 heavy (non-hydrogen) atoms. The molecule has 0 heterocycles. The van der Waals surface area contributed by atoms with Gasteiger partial charge in [0.05, 0.1) is 6.54 Å². The lowest BCUT2D eigenvalue weighted by Gasteiger charge is -2.30. The zero-order valence-corrected chi connectivity index (χ0v) is 13.7. The normalized spacial score (nSPS) is 24.9. The van der Waals surface area contributed by atoms with Crippen molar-refractivity contribution in [3.8, 4) is 0 Å². The second kappa shape index (κ2) is 7.13. The number of nitrogens with zero attached hydrogens (tertiary/aromatic N) is 1. The Balaban J connectivity index is 1.44. The molecule has 3 aliphatic rings. The lowest BCUT2D eigenvalue weighted by atomic mass is 9.96. The van der Waals surface area contributed by atoms with Gasteiger partial charge in [-0.3, -0.25) is 9.69 Å². The molecule has 0 unspecified atom stereocenters. The molecule has 3 aliphatic carbocycles. The zero-order valence-electron chi connectivity index (χ0n) is 13.7. The molecule has 0 aromatic heterocycles. The van der Waals surface area contributed by atoms with E-state index < -0.39 is 0 Å². The smallest absolute Gasteiger partial charge is 0.234 e. The number of amides is 1. The fourth-order valence-corrected chi connectivity index (χ4v) is 3.99. The highest BCUT2D eigenvalue weighted by molar-refractivity contribution is 5.78. The Labute approximate surface area is 129 Å². The van der Waals surface area contributed by atoms with E-state index in [-0.39, 0.29) is 5.91 Å². The van der Waals surface area contributed by atoms with E-state index in [1.165, 1.54) is 70.6 Å². The maximum Gasteiger partial charge on any atom is 0.234 e. The van der Waals surface area contributed by atoms with Crippen LogP contribution in [0, 0.1) is 11.8 Å². The second-order valence-electron chi connectivity index (χ2n) is 7.68. The van der Waals surface area contributed by atoms with Crippen LogP contribution in [0.5, 0.6) is 0 Å². The first-order valence-corrected chi connectivity index (χ1v) is 9.23. The number of hydrogen-bond acceptors (Lipinski definition) is 2. The lowest BCUT2D eigenvalue weighted by molar-refractivity contribution is -0.123. The fourth-order valence-electron chi connectivity index (χ4n) is 3.99. The van der Waals surface area contributed by atoms with Crippen molar-refractivity contribution in [2.24, 2.45) is 11.8 Å². The topological polar surface area (TPSA) is 32.3 Å². The molecule has 0 radical (unpaired) electrons. The minimum atomic E-state index is 0.267. The van der Waals surface area contributed by atoms with E-state index in [1.54, 1.807) is 0 Å². The summed E-state index contributed by atoms with van der Waals surface area (Å²) in [7, 11) is 2.15. The van der Waals surface area contributed by atoms with E-state index in [9.17, 15) is 4.79 Å². The van der Waals surface area contributed by atoms with E-state index in [4.69, 9.17) is 0 Å². The predicted molar refractivity (Wildman–Crippen MR) is 86.1 cm³/mol. The van der Waals surface area contributed by atoms with E-state index in [2.05, 4.69) is 17.3 Å². The SMILES string of the molecule is CN(CC(=O)NC(C1CC1)C1CC1)C1CCCCCCC1. The fraction of sp³-hybridized carbons (Fsp3) is 0.944. The quantitative estimate of drug-likeness (QED) is 0.814. The Morgan fingerprint density at radius 1 is 0.952 bits per heavy atom. The lowest BCUT2D eigenvalue weighted by Crippen LogP contribution is -2.45. The van der Waals surface area contributed by atoms with Crippen LogP contribution >= 0.6 is 0 Å². The first-order chi connectivity index (χ1) is 10.2. The van der Waals surface area contributed by atoms with Crippen molar-refractivity contribution >= 4 is 5.91 Å². The molecule has 0 bridgehead atoms. The van der Waals surface area contributed by atoms with Gasteiger partial charge in [0.25, 0.3) is 0 Å². The molecule has 0 saturated heterocycles. The van der Waals surface area contributed by atoms with Crippen LogP contribution in [0.4, 0.5) is 0 Å². The number of likely N-dealkylation sites (N-methyl/N-ethyl adjacent to an activating group) is 1. The van der Waals surface area contributed by atoms with Gasteiger partial charge < -0.3 is 5.32 Å². The maximum atomic E-state index is 12.4. The number of nitrogens with one attached hydrogen (secondary N) is 1. The van der Waals surface area contributed by atoms with E-state index in [0.29, 0.717) is 18.6 Å². The molecule has 3 fully saturated rings. The molecule has 0 aromatic rings. The Morgan fingerprint density at radius 2 is 1.48 bits per heavy atom. The number of carbonyl (C=O) groups excluding carboxylic acids is 1. The van der Waals surface area contributed by atoms with Gasteiger partial charge in [-0.1, -0.05) is 32.1 Å². The first-order valence-electron chi connectivity index (χ1n) is 9.23. The van der Waals surface area contributed by atoms with Crippen molar-refractivity contribution in [1.29, 1.82) is 0 Å². The van der Waals surface area contributed by atoms with Crippen molar-refractivity contribution in [3.63, 3.8) is 0 Å². The summed E-state index contributed by atoms with van der Waals surface area (Å²) in [5.74, 6) is 1.87. The van der Waals surface area contributed by atoms with Gasteiger partial charge >= 0.3 is 0 Å². The van der Waals surface area contributed by atoms with E-state index >= 15 is 0 Å². The van der Waals surface area contributed by atoms with Crippen molar-refractivity contribution in [1.82, 2.24) is 10.2 Å². The monoisotopic (exact) mass is 292 g/mol. The van der Waals surface area contributed by atoms with Gasteiger partial charge in [0.2, 0.25) is 5.91 Å². The van der Waals surface area contributed by atoms with Gasteiger partial charge in [0, 0.05) is 12.1 Å². The highest BCUT2D eigenvalue weighted by Crippen LogP contribution is 2.44. The van der Waals surface area contributed by atoms with Crippen LogP contribution in [-0.2, 0) is 4.79 Å². The van der Waals surface area contributed by atoms with Crippen molar-refractivity contribution < 1.29 is 4.79 Å². The molecular formula is C18H32N2O. The molecule has 3 heteroatoms. The third-order valence-corrected chi connectivity index (χ3v) is 5.68. The summed E-state index contributed by atoms with van der Waals surface area (Å²) < 4.78 is 0. The molecule has 3 rings (SSSR count). The Kier molecular flexibility index (Phi) is 5.20. The number of rotatable bonds is 6. The minimum Gasteiger partial charge on any atom is -0.352 e. The number of carbonyl (C=O) groups is 1. The molecule has 3 nitrogen and oxygen atoms in total. The van der Waals surface area contributed by atoms with Gasteiger partial charge in [-0.2, -0.15) is 0 Å². The standard InChI is InChI=1S/C18H32N2O/c1-20(16-7-5-3-2-4-6-8-16)13-17(21)19-18(14-9-10-14)15-11-12-15/h14-16,18H,2-13H2,1H3,(H,19,21). The Bertz CT molecular complexity index is 329. The molecule has 0 aromatic carbocycles. The van der Waals surface area contributed by atoms with Crippen LogP contribution in [0.2, 0.25) is 0 Å².